The van der Waals surface area contributed by atoms with Gasteiger partial charge in [0.15, 0.2) is 0 Å². The van der Waals surface area contributed by atoms with E-state index in [1.807, 2.05) is 11.8 Å². The predicted octanol–water partition coefficient (Wildman–Crippen LogP) is 4.69. The molecule has 1 aliphatic heterocycles. The van der Waals surface area contributed by atoms with Crippen LogP contribution in [0.5, 0.6) is 0 Å². The van der Waals surface area contributed by atoms with E-state index in [0.29, 0.717) is 12.5 Å². The van der Waals surface area contributed by atoms with Crippen molar-refractivity contribution in [1.29, 1.82) is 0 Å². The fraction of sp³-hybridized carbons (Fsp3) is 0.650. The van der Waals surface area contributed by atoms with Gasteiger partial charge in [0.05, 0.1) is 0 Å². The molecule has 1 aliphatic rings. The Labute approximate surface area is 141 Å². The van der Waals surface area contributed by atoms with Crippen LogP contribution in [-0.4, -0.2) is 25.2 Å². The first-order chi connectivity index (χ1) is 10.9. The normalized spacial score (nSPS) is 19.2. The topological polar surface area (TPSA) is 29.5 Å². The molecule has 0 bridgehead atoms. The maximum absolute atomic E-state index is 12.5. The lowest BCUT2D eigenvalue weighted by Crippen LogP contribution is -2.44. The first-order valence-electron chi connectivity index (χ1n) is 8.94. The highest BCUT2D eigenvalue weighted by molar-refractivity contribution is 5.94. The Morgan fingerprint density at radius 3 is 2.52 bits per heavy atom. The van der Waals surface area contributed by atoms with Gasteiger partial charge < -0.3 is 9.64 Å². The van der Waals surface area contributed by atoms with E-state index in [2.05, 4.69) is 45.0 Å². The summed E-state index contributed by atoms with van der Waals surface area (Å²) in [6, 6.07) is 8.86. The number of anilines is 1. The van der Waals surface area contributed by atoms with Crippen LogP contribution in [0.1, 0.15) is 65.4 Å². The van der Waals surface area contributed by atoms with Crippen LogP contribution in [0.4, 0.5) is 5.69 Å². The molecule has 1 fully saturated rings. The molecule has 0 saturated carbocycles. The summed E-state index contributed by atoms with van der Waals surface area (Å²) < 4.78 is 5.44. The molecule has 1 aromatic rings. The van der Waals surface area contributed by atoms with Crippen LogP contribution in [0.2, 0.25) is 0 Å². The van der Waals surface area contributed by atoms with Crippen molar-refractivity contribution in [3.8, 4) is 0 Å². The number of amides is 1. The summed E-state index contributed by atoms with van der Waals surface area (Å²) in [6.45, 7) is 10.2. The van der Waals surface area contributed by atoms with Gasteiger partial charge in [0.25, 0.3) is 0 Å². The number of piperidine rings is 1. The van der Waals surface area contributed by atoms with Gasteiger partial charge in [-0.1, -0.05) is 32.9 Å². The standard InChI is InChI=1S/C20H31NO2/c1-5-23-15-7-9-17-8-6-10-19(22)21(17)18-13-11-16(12-14-18)20(2,3)4/h11-14,17H,5-10,15H2,1-4H3. The van der Waals surface area contributed by atoms with Crippen molar-refractivity contribution in [3.63, 3.8) is 0 Å². The maximum atomic E-state index is 12.5. The third-order valence-corrected chi connectivity index (χ3v) is 4.60. The molecule has 0 aliphatic carbocycles. The van der Waals surface area contributed by atoms with Gasteiger partial charge in [-0.25, -0.2) is 0 Å². The second-order valence-electron chi connectivity index (χ2n) is 7.45. The fourth-order valence-electron chi connectivity index (χ4n) is 3.26. The average molecular weight is 317 g/mol. The molecule has 0 radical (unpaired) electrons. The lowest BCUT2D eigenvalue weighted by Gasteiger charge is -2.36. The molecule has 1 amide bonds. The summed E-state index contributed by atoms with van der Waals surface area (Å²) >= 11 is 0. The lowest BCUT2D eigenvalue weighted by molar-refractivity contribution is -0.120. The molecular weight excluding hydrogens is 286 g/mol. The molecule has 1 aromatic carbocycles. The monoisotopic (exact) mass is 317 g/mol. The molecule has 3 heteroatoms. The zero-order chi connectivity index (χ0) is 16.9. The maximum Gasteiger partial charge on any atom is 0.227 e. The summed E-state index contributed by atoms with van der Waals surface area (Å²) in [4.78, 5) is 14.5. The van der Waals surface area contributed by atoms with Crippen molar-refractivity contribution in [2.75, 3.05) is 18.1 Å². The van der Waals surface area contributed by atoms with Crippen molar-refractivity contribution < 1.29 is 9.53 Å². The predicted molar refractivity (Wildman–Crippen MR) is 96.0 cm³/mol. The highest BCUT2D eigenvalue weighted by Gasteiger charge is 2.29. The molecule has 1 saturated heterocycles. The highest BCUT2D eigenvalue weighted by Crippen LogP contribution is 2.30. The fourth-order valence-corrected chi connectivity index (χ4v) is 3.26. The van der Waals surface area contributed by atoms with E-state index in [1.54, 1.807) is 0 Å². The zero-order valence-corrected chi connectivity index (χ0v) is 15.1. The summed E-state index contributed by atoms with van der Waals surface area (Å²) in [5, 5.41) is 0. The van der Waals surface area contributed by atoms with Crippen LogP contribution in [0.15, 0.2) is 24.3 Å². The largest absolute Gasteiger partial charge is 0.382 e. The second kappa shape index (κ2) is 7.96. The van der Waals surface area contributed by atoms with Crippen molar-refractivity contribution in [3.05, 3.63) is 29.8 Å². The molecule has 3 nitrogen and oxygen atoms in total. The minimum Gasteiger partial charge on any atom is -0.382 e. The van der Waals surface area contributed by atoms with Gasteiger partial charge in [0.2, 0.25) is 5.91 Å². The van der Waals surface area contributed by atoms with E-state index < -0.39 is 0 Å². The Morgan fingerprint density at radius 2 is 1.91 bits per heavy atom. The van der Waals surface area contributed by atoms with Gasteiger partial charge in [0, 0.05) is 31.4 Å². The molecule has 1 unspecified atom stereocenters. The first kappa shape index (κ1) is 18.0. The third-order valence-electron chi connectivity index (χ3n) is 4.60. The third kappa shape index (κ3) is 4.81. The molecule has 0 N–H and O–H groups in total. The summed E-state index contributed by atoms with van der Waals surface area (Å²) in [7, 11) is 0. The Morgan fingerprint density at radius 1 is 1.22 bits per heavy atom. The zero-order valence-electron chi connectivity index (χ0n) is 15.1. The quantitative estimate of drug-likeness (QED) is 0.713. The molecular formula is C20H31NO2. The van der Waals surface area contributed by atoms with Gasteiger partial charge in [-0.15, -0.1) is 0 Å². The van der Waals surface area contributed by atoms with E-state index in [9.17, 15) is 4.79 Å². The highest BCUT2D eigenvalue weighted by atomic mass is 16.5. The smallest absolute Gasteiger partial charge is 0.227 e. The van der Waals surface area contributed by atoms with Gasteiger partial charge >= 0.3 is 0 Å². The Bertz CT molecular complexity index is 501. The number of carbonyl (C=O) groups is 1. The molecule has 2 rings (SSSR count). The van der Waals surface area contributed by atoms with Crippen LogP contribution in [0.25, 0.3) is 0 Å². The minimum atomic E-state index is 0.140. The number of benzene rings is 1. The molecule has 0 spiro atoms. The van der Waals surface area contributed by atoms with Crippen molar-refractivity contribution in [1.82, 2.24) is 0 Å². The van der Waals surface area contributed by atoms with Gasteiger partial charge in [-0.2, -0.15) is 0 Å². The number of hydrogen-bond acceptors (Lipinski definition) is 2. The summed E-state index contributed by atoms with van der Waals surface area (Å²) in [5.41, 5.74) is 2.49. The lowest BCUT2D eigenvalue weighted by atomic mass is 9.87. The number of carbonyl (C=O) groups excluding carboxylic acids is 1. The molecule has 1 heterocycles. The number of hydrogen-bond donors (Lipinski definition) is 0. The van der Waals surface area contributed by atoms with Gasteiger partial charge in [-0.05, 0) is 55.7 Å². The molecule has 0 aromatic heterocycles. The summed E-state index contributed by atoms with van der Waals surface area (Å²) in [5.74, 6) is 0.265. The number of rotatable bonds is 6. The Kier molecular flexibility index (Phi) is 6.23. The Balaban J connectivity index is 2.10. The van der Waals surface area contributed by atoms with Crippen LogP contribution < -0.4 is 4.90 Å². The van der Waals surface area contributed by atoms with Crippen molar-refractivity contribution in [2.45, 2.75) is 71.3 Å². The van der Waals surface area contributed by atoms with Crippen LogP contribution in [0.3, 0.4) is 0 Å². The van der Waals surface area contributed by atoms with E-state index in [0.717, 1.165) is 44.6 Å². The van der Waals surface area contributed by atoms with Crippen LogP contribution >= 0.6 is 0 Å². The molecule has 23 heavy (non-hydrogen) atoms. The van der Waals surface area contributed by atoms with Crippen LogP contribution in [-0.2, 0) is 14.9 Å². The Hall–Kier alpha value is -1.35. The number of nitrogens with zero attached hydrogens (tertiary/aromatic N) is 1. The molecule has 1 atom stereocenters. The van der Waals surface area contributed by atoms with E-state index in [4.69, 9.17) is 4.74 Å². The van der Waals surface area contributed by atoms with E-state index >= 15 is 0 Å². The minimum absolute atomic E-state index is 0.140. The summed E-state index contributed by atoms with van der Waals surface area (Å²) in [6.07, 6.45) is 4.81. The van der Waals surface area contributed by atoms with Crippen molar-refractivity contribution >= 4 is 11.6 Å². The van der Waals surface area contributed by atoms with Gasteiger partial charge in [0.1, 0.15) is 0 Å². The molecule has 128 valence electrons. The van der Waals surface area contributed by atoms with E-state index in [1.165, 1.54) is 5.56 Å². The first-order valence-corrected chi connectivity index (χ1v) is 8.94. The van der Waals surface area contributed by atoms with Gasteiger partial charge in [-0.3, -0.25) is 4.79 Å². The van der Waals surface area contributed by atoms with Crippen LogP contribution in [0, 0.1) is 0 Å². The number of ether oxygens (including phenoxy) is 1. The second-order valence-corrected chi connectivity index (χ2v) is 7.45. The SMILES string of the molecule is CCOCCCC1CCCC(=O)N1c1ccc(C(C)(C)C)cc1. The van der Waals surface area contributed by atoms with Crippen molar-refractivity contribution in [2.24, 2.45) is 0 Å². The average Bonchev–Trinajstić information content (AvgIpc) is 2.51. The van der Waals surface area contributed by atoms with E-state index in [-0.39, 0.29) is 11.3 Å².